The van der Waals surface area contributed by atoms with E-state index in [-0.39, 0.29) is 23.6 Å². The van der Waals surface area contributed by atoms with Crippen molar-refractivity contribution in [2.45, 2.75) is 0 Å². The molecule has 16 heavy (non-hydrogen) atoms. The normalized spacial score (nSPS) is 9.56. The van der Waals surface area contributed by atoms with Gasteiger partial charge in [-0.2, -0.15) is 0 Å². The number of carbonyl (C=O) groups is 2. The molecule has 86 valence electrons. The van der Waals surface area contributed by atoms with Crippen molar-refractivity contribution in [3.8, 4) is 11.5 Å². The minimum Gasteiger partial charge on any atom is -0.508 e. The maximum atomic E-state index is 11.4. The third-order valence-electron chi connectivity index (χ3n) is 1.79. The quantitative estimate of drug-likeness (QED) is 0.629. The molecule has 0 spiro atoms. The van der Waals surface area contributed by atoms with Crippen LogP contribution in [0.25, 0.3) is 0 Å². The van der Waals surface area contributed by atoms with Crippen LogP contribution in [0.5, 0.6) is 11.5 Å². The predicted molar refractivity (Wildman–Crippen MR) is 54.1 cm³/mol. The maximum Gasteiger partial charge on any atom is 0.325 e. The first kappa shape index (κ1) is 11.8. The fourth-order valence-electron chi connectivity index (χ4n) is 1.05. The molecular weight excluding hydrogens is 214 g/mol. The van der Waals surface area contributed by atoms with E-state index < -0.39 is 11.9 Å². The molecule has 0 aromatic heterocycles. The second-order valence-corrected chi connectivity index (χ2v) is 3.00. The standard InChI is InChI=1S/C10H11NO5/c1-16-9(14)5-11-10(15)6-2-7(12)4-8(13)3-6/h2-4,12-13H,5H2,1H3,(H,11,15). The van der Waals surface area contributed by atoms with Crippen LogP contribution in [0.15, 0.2) is 18.2 Å². The summed E-state index contributed by atoms with van der Waals surface area (Å²) in [5.41, 5.74) is 0.0569. The van der Waals surface area contributed by atoms with Crippen LogP contribution in [0.4, 0.5) is 0 Å². The smallest absolute Gasteiger partial charge is 0.325 e. The molecule has 3 N–H and O–H groups in total. The molecule has 0 unspecified atom stereocenters. The van der Waals surface area contributed by atoms with E-state index in [2.05, 4.69) is 10.1 Å². The van der Waals surface area contributed by atoms with Crippen LogP contribution in [-0.4, -0.2) is 35.7 Å². The van der Waals surface area contributed by atoms with E-state index in [0.29, 0.717) is 0 Å². The number of carbonyl (C=O) groups excluding carboxylic acids is 2. The van der Waals surface area contributed by atoms with Gasteiger partial charge in [-0.1, -0.05) is 0 Å². The van der Waals surface area contributed by atoms with Gasteiger partial charge in [0, 0.05) is 11.6 Å². The Bertz CT molecular complexity index is 395. The number of hydrogen-bond donors (Lipinski definition) is 3. The number of methoxy groups -OCH3 is 1. The SMILES string of the molecule is COC(=O)CNC(=O)c1cc(O)cc(O)c1. The molecule has 0 aliphatic heterocycles. The summed E-state index contributed by atoms with van der Waals surface area (Å²) in [6.07, 6.45) is 0. The number of benzene rings is 1. The minimum absolute atomic E-state index is 0.0569. The summed E-state index contributed by atoms with van der Waals surface area (Å²) in [5.74, 6) is -1.64. The Balaban J connectivity index is 2.69. The van der Waals surface area contributed by atoms with E-state index >= 15 is 0 Å². The highest BCUT2D eigenvalue weighted by Crippen LogP contribution is 2.20. The second kappa shape index (κ2) is 5.01. The topological polar surface area (TPSA) is 95.9 Å². The molecule has 0 heterocycles. The monoisotopic (exact) mass is 225 g/mol. The van der Waals surface area contributed by atoms with E-state index in [1.165, 1.54) is 19.2 Å². The Morgan fingerprint density at radius 3 is 2.31 bits per heavy atom. The molecule has 0 aliphatic carbocycles. The minimum atomic E-state index is -0.586. The number of esters is 1. The second-order valence-electron chi connectivity index (χ2n) is 3.00. The highest BCUT2D eigenvalue weighted by Gasteiger charge is 2.09. The lowest BCUT2D eigenvalue weighted by Gasteiger charge is -2.04. The molecule has 0 radical (unpaired) electrons. The van der Waals surface area contributed by atoms with E-state index in [4.69, 9.17) is 10.2 Å². The Morgan fingerprint density at radius 1 is 1.25 bits per heavy atom. The molecular formula is C10H11NO5. The lowest BCUT2D eigenvalue weighted by molar-refractivity contribution is -0.139. The first-order chi connectivity index (χ1) is 7.52. The molecule has 1 aromatic rings. The summed E-state index contributed by atoms with van der Waals surface area (Å²) in [5, 5.41) is 20.5. The lowest BCUT2D eigenvalue weighted by Crippen LogP contribution is -2.30. The van der Waals surface area contributed by atoms with Crippen molar-refractivity contribution in [1.29, 1.82) is 0 Å². The van der Waals surface area contributed by atoms with Gasteiger partial charge in [-0.05, 0) is 12.1 Å². The molecule has 6 nitrogen and oxygen atoms in total. The molecule has 0 saturated heterocycles. The fraction of sp³-hybridized carbons (Fsp3) is 0.200. The largest absolute Gasteiger partial charge is 0.508 e. The van der Waals surface area contributed by atoms with Gasteiger partial charge in [0.15, 0.2) is 0 Å². The van der Waals surface area contributed by atoms with Gasteiger partial charge in [0.1, 0.15) is 18.0 Å². The van der Waals surface area contributed by atoms with Gasteiger partial charge in [0.25, 0.3) is 5.91 Å². The number of ether oxygens (including phenoxy) is 1. The van der Waals surface area contributed by atoms with Crippen LogP contribution in [0.3, 0.4) is 0 Å². The summed E-state index contributed by atoms with van der Waals surface area (Å²) in [4.78, 5) is 22.2. The average Bonchev–Trinajstić information content (AvgIpc) is 2.23. The van der Waals surface area contributed by atoms with Crippen molar-refractivity contribution in [1.82, 2.24) is 5.32 Å². The van der Waals surface area contributed by atoms with Crippen molar-refractivity contribution in [2.75, 3.05) is 13.7 Å². The third-order valence-corrected chi connectivity index (χ3v) is 1.79. The maximum absolute atomic E-state index is 11.4. The summed E-state index contributed by atoms with van der Waals surface area (Å²) >= 11 is 0. The molecule has 0 saturated carbocycles. The predicted octanol–water partition coefficient (Wildman–Crippen LogP) is 0.000600. The highest BCUT2D eigenvalue weighted by molar-refractivity contribution is 5.96. The Morgan fingerprint density at radius 2 is 1.81 bits per heavy atom. The number of phenols is 2. The molecule has 1 aromatic carbocycles. The van der Waals surface area contributed by atoms with Gasteiger partial charge in [-0.15, -0.1) is 0 Å². The Labute approximate surface area is 91.5 Å². The lowest BCUT2D eigenvalue weighted by atomic mass is 10.2. The molecule has 0 aliphatic rings. The number of phenolic OH excluding ortho intramolecular Hbond substituents is 2. The van der Waals surface area contributed by atoms with Crippen LogP contribution < -0.4 is 5.32 Å². The van der Waals surface area contributed by atoms with Gasteiger partial charge < -0.3 is 20.3 Å². The number of aromatic hydroxyl groups is 2. The fourth-order valence-corrected chi connectivity index (χ4v) is 1.05. The van der Waals surface area contributed by atoms with E-state index in [0.717, 1.165) is 6.07 Å². The summed E-state index contributed by atoms with van der Waals surface area (Å²) < 4.78 is 4.33. The number of hydrogen-bond acceptors (Lipinski definition) is 5. The van der Waals surface area contributed by atoms with E-state index in [1.54, 1.807) is 0 Å². The molecule has 6 heteroatoms. The van der Waals surface area contributed by atoms with Crippen molar-refractivity contribution in [3.63, 3.8) is 0 Å². The zero-order chi connectivity index (χ0) is 12.1. The number of nitrogens with one attached hydrogen (secondary N) is 1. The Hall–Kier alpha value is -2.24. The summed E-state index contributed by atoms with van der Waals surface area (Å²) in [7, 11) is 1.20. The van der Waals surface area contributed by atoms with E-state index in [9.17, 15) is 9.59 Å². The number of rotatable bonds is 3. The van der Waals surface area contributed by atoms with E-state index in [1.807, 2.05) is 0 Å². The summed E-state index contributed by atoms with van der Waals surface area (Å²) in [6, 6.07) is 3.44. The zero-order valence-electron chi connectivity index (χ0n) is 8.56. The summed E-state index contributed by atoms with van der Waals surface area (Å²) in [6.45, 7) is -0.272. The molecule has 1 rings (SSSR count). The number of amides is 1. The van der Waals surface area contributed by atoms with Gasteiger partial charge in [0.05, 0.1) is 7.11 Å². The third kappa shape index (κ3) is 3.16. The van der Waals surface area contributed by atoms with Gasteiger partial charge in [0.2, 0.25) is 0 Å². The van der Waals surface area contributed by atoms with Crippen LogP contribution in [0.2, 0.25) is 0 Å². The molecule has 0 bridgehead atoms. The van der Waals surface area contributed by atoms with Crippen molar-refractivity contribution in [2.24, 2.45) is 0 Å². The first-order valence-electron chi connectivity index (χ1n) is 4.41. The van der Waals surface area contributed by atoms with Gasteiger partial charge >= 0.3 is 5.97 Å². The zero-order valence-corrected chi connectivity index (χ0v) is 8.56. The van der Waals surface area contributed by atoms with Crippen LogP contribution >= 0.6 is 0 Å². The van der Waals surface area contributed by atoms with Crippen LogP contribution in [-0.2, 0) is 9.53 Å². The Kier molecular flexibility index (Phi) is 3.71. The van der Waals surface area contributed by atoms with Crippen molar-refractivity contribution < 1.29 is 24.5 Å². The van der Waals surface area contributed by atoms with Crippen LogP contribution in [0, 0.1) is 0 Å². The molecule has 1 amide bonds. The van der Waals surface area contributed by atoms with Gasteiger partial charge in [-0.25, -0.2) is 0 Å². The van der Waals surface area contributed by atoms with Crippen LogP contribution in [0.1, 0.15) is 10.4 Å². The van der Waals surface area contributed by atoms with Crippen molar-refractivity contribution in [3.05, 3.63) is 23.8 Å². The highest BCUT2D eigenvalue weighted by atomic mass is 16.5. The van der Waals surface area contributed by atoms with Crippen molar-refractivity contribution >= 4 is 11.9 Å². The van der Waals surface area contributed by atoms with Gasteiger partial charge in [-0.3, -0.25) is 9.59 Å². The average molecular weight is 225 g/mol. The first-order valence-corrected chi connectivity index (χ1v) is 4.41. The molecule has 0 fully saturated rings. The molecule has 0 atom stereocenters.